The van der Waals surface area contributed by atoms with Crippen LogP contribution in [0.2, 0.25) is 5.02 Å². The molecule has 0 spiro atoms. The summed E-state index contributed by atoms with van der Waals surface area (Å²) in [5.74, 6) is -0.276. The summed E-state index contributed by atoms with van der Waals surface area (Å²) in [6.45, 7) is 4.83. The highest BCUT2D eigenvalue weighted by molar-refractivity contribution is 9.09. The van der Waals surface area contributed by atoms with Crippen molar-refractivity contribution in [2.45, 2.75) is 33.2 Å². The summed E-state index contributed by atoms with van der Waals surface area (Å²) in [6, 6.07) is 0. The van der Waals surface area contributed by atoms with E-state index in [0.717, 1.165) is 18.2 Å². The summed E-state index contributed by atoms with van der Waals surface area (Å²) in [4.78, 5) is 10.1. The number of rotatable bonds is 6. The van der Waals surface area contributed by atoms with Crippen LogP contribution in [0.4, 0.5) is 5.82 Å². The molecule has 1 aromatic rings. The molecule has 0 aliphatic carbocycles. The molecule has 0 aliphatic heterocycles. The normalized spacial score (nSPS) is 11.8. The third kappa shape index (κ3) is 3.19. The fourth-order valence-electron chi connectivity index (χ4n) is 1.64. The summed E-state index contributed by atoms with van der Waals surface area (Å²) in [7, 11) is 0. The molecule has 0 amide bonds. The lowest BCUT2D eigenvalue weighted by Gasteiger charge is -2.27. The third-order valence-electron chi connectivity index (χ3n) is 3.15. The SMILES string of the molecule is CCC(CC)(CBr)Cn1cc(Cl)c([N+](=O)[O-])n1. The Balaban J connectivity index is 2.95. The van der Waals surface area contributed by atoms with Crippen LogP contribution in [-0.2, 0) is 6.54 Å². The summed E-state index contributed by atoms with van der Waals surface area (Å²) in [6.07, 6.45) is 3.46. The van der Waals surface area contributed by atoms with Gasteiger partial charge in [0.15, 0.2) is 5.02 Å². The molecule has 0 saturated heterocycles. The molecule has 1 heterocycles. The van der Waals surface area contributed by atoms with Gasteiger partial charge in [0, 0.05) is 10.7 Å². The second-order valence-electron chi connectivity index (χ2n) is 4.10. The predicted molar refractivity (Wildman–Crippen MR) is 70.7 cm³/mol. The van der Waals surface area contributed by atoms with Gasteiger partial charge in [-0.2, -0.15) is 4.68 Å². The number of aromatic nitrogens is 2. The summed E-state index contributed by atoms with van der Waals surface area (Å²) >= 11 is 9.26. The van der Waals surface area contributed by atoms with Crippen molar-refractivity contribution >= 4 is 33.3 Å². The lowest BCUT2D eigenvalue weighted by Crippen LogP contribution is -2.27. The van der Waals surface area contributed by atoms with Crippen LogP contribution in [-0.4, -0.2) is 20.0 Å². The van der Waals surface area contributed by atoms with Gasteiger partial charge in [0.25, 0.3) is 0 Å². The molecule has 17 heavy (non-hydrogen) atoms. The molecule has 96 valence electrons. The zero-order chi connectivity index (χ0) is 13.1. The van der Waals surface area contributed by atoms with Crippen LogP contribution in [0.3, 0.4) is 0 Å². The van der Waals surface area contributed by atoms with E-state index in [1.807, 2.05) is 0 Å². The summed E-state index contributed by atoms with van der Waals surface area (Å²) in [5.41, 5.74) is 0.0587. The van der Waals surface area contributed by atoms with E-state index in [2.05, 4.69) is 34.9 Å². The van der Waals surface area contributed by atoms with E-state index in [1.54, 1.807) is 4.68 Å². The van der Waals surface area contributed by atoms with Gasteiger partial charge in [0.05, 0.1) is 17.8 Å². The summed E-state index contributed by atoms with van der Waals surface area (Å²) < 4.78 is 1.56. The third-order valence-corrected chi connectivity index (χ3v) is 4.61. The quantitative estimate of drug-likeness (QED) is 0.456. The number of halogens is 2. The molecule has 0 aliphatic rings. The largest absolute Gasteiger partial charge is 0.408 e. The Bertz CT molecular complexity index is 396. The van der Waals surface area contributed by atoms with Crippen LogP contribution in [0.1, 0.15) is 26.7 Å². The van der Waals surface area contributed by atoms with Gasteiger partial charge in [-0.1, -0.05) is 41.4 Å². The Morgan fingerprint density at radius 2 is 2.18 bits per heavy atom. The van der Waals surface area contributed by atoms with Gasteiger partial charge in [-0.05, 0) is 17.8 Å². The molecule has 1 rings (SSSR count). The predicted octanol–water partition coefficient (Wildman–Crippen LogP) is 3.65. The minimum Gasteiger partial charge on any atom is -0.358 e. The average molecular weight is 325 g/mol. The highest BCUT2D eigenvalue weighted by Crippen LogP contribution is 2.32. The van der Waals surface area contributed by atoms with Gasteiger partial charge in [-0.3, -0.25) is 0 Å². The first-order valence-electron chi connectivity index (χ1n) is 5.41. The van der Waals surface area contributed by atoms with Crippen LogP contribution < -0.4 is 0 Å². The van der Waals surface area contributed by atoms with Crippen molar-refractivity contribution in [3.8, 4) is 0 Å². The minimum absolute atomic E-state index is 0.0587. The zero-order valence-electron chi connectivity index (χ0n) is 9.82. The van der Waals surface area contributed by atoms with Crippen molar-refractivity contribution in [1.82, 2.24) is 9.78 Å². The number of alkyl halides is 1. The second-order valence-corrected chi connectivity index (χ2v) is 5.06. The minimum atomic E-state index is -0.563. The molecule has 0 bridgehead atoms. The molecule has 0 atom stereocenters. The van der Waals surface area contributed by atoms with Crippen molar-refractivity contribution < 1.29 is 4.92 Å². The fourth-order valence-corrected chi connectivity index (χ4v) is 2.83. The number of hydrogen-bond acceptors (Lipinski definition) is 3. The smallest absolute Gasteiger partial charge is 0.358 e. The lowest BCUT2D eigenvalue weighted by molar-refractivity contribution is -0.389. The van der Waals surface area contributed by atoms with Gasteiger partial charge < -0.3 is 10.1 Å². The molecule has 0 radical (unpaired) electrons. The van der Waals surface area contributed by atoms with Crippen LogP contribution in [0.15, 0.2) is 6.20 Å². The van der Waals surface area contributed by atoms with Crippen molar-refractivity contribution in [2.24, 2.45) is 5.41 Å². The van der Waals surface area contributed by atoms with E-state index in [0.29, 0.717) is 6.54 Å². The van der Waals surface area contributed by atoms with Gasteiger partial charge in [-0.25, -0.2) is 0 Å². The second kappa shape index (κ2) is 5.82. The maximum absolute atomic E-state index is 10.6. The standard InChI is InChI=1S/C10H15BrClN3O2/c1-3-10(4-2,6-11)7-14-5-8(12)9(13-14)15(16)17/h5H,3-4,6-7H2,1-2H3. The first-order chi connectivity index (χ1) is 7.98. The Hall–Kier alpha value is -0.620. The molecule has 1 aromatic heterocycles. The number of nitrogens with zero attached hydrogens (tertiary/aromatic N) is 3. The molecular weight excluding hydrogens is 309 g/mol. The van der Waals surface area contributed by atoms with Crippen LogP contribution in [0.25, 0.3) is 0 Å². The maximum Gasteiger partial charge on any atom is 0.408 e. The van der Waals surface area contributed by atoms with Gasteiger partial charge >= 0.3 is 5.82 Å². The molecule has 0 fully saturated rings. The van der Waals surface area contributed by atoms with Gasteiger partial charge in [0.2, 0.25) is 0 Å². The highest BCUT2D eigenvalue weighted by atomic mass is 79.9. The number of hydrogen-bond donors (Lipinski definition) is 0. The molecule has 0 N–H and O–H groups in total. The van der Waals surface area contributed by atoms with E-state index < -0.39 is 4.92 Å². The van der Waals surface area contributed by atoms with Crippen molar-refractivity contribution in [3.63, 3.8) is 0 Å². The molecule has 0 saturated carbocycles. The van der Waals surface area contributed by atoms with Crippen molar-refractivity contribution in [1.29, 1.82) is 0 Å². The Labute approximate surface area is 113 Å². The Morgan fingerprint density at radius 3 is 2.53 bits per heavy atom. The molecule has 5 nitrogen and oxygen atoms in total. The van der Waals surface area contributed by atoms with Crippen LogP contribution in [0, 0.1) is 15.5 Å². The van der Waals surface area contributed by atoms with Crippen molar-refractivity contribution in [2.75, 3.05) is 5.33 Å². The molecule has 7 heteroatoms. The van der Waals surface area contributed by atoms with E-state index in [9.17, 15) is 10.1 Å². The Kier molecular flexibility index (Phi) is 4.94. The first-order valence-corrected chi connectivity index (χ1v) is 6.91. The highest BCUT2D eigenvalue weighted by Gasteiger charge is 2.29. The van der Waals surface area contributed by atoms with Gasteiger partial charge in [0.1, 0.15) is 0 Å². The monoisotopic (exact) mass is 323 g/mol. The molecular formula is C10H15BrClN3O2. The van der Waals surface area contributed by atoms with E-state index >= 15 is 0 Å². The van der Waals surface area contributed by atoms with E-state index in [4.69, 9.17) is 11.6 Å². The van der Waals surface area contributed by atoms with Crippen LogP contribution >= 0.6 is 27.5 Å². The topological polar surface area (TPSA) is 61.0 Å². The molecule has 0 aromatic carbocycles. The Morgan fingerprint density at radius 1 is 1.59 bits per heavy atom. The van der Waals surface area contributed by atoms with Gasteiger partial charge in [-0.15, -0.1) is 0 Å². The van der Waals surface area contributed by atoms with Crippen molar-refractivity contribution in [3.05, 3.63) is 21.3 Å². The summed E-state index contributed by atoms with van der Waals surface area (Å²) in [5, 5.41) is 15.5. The van der Waals surface area contributed by atoms with E-state index in [1.165, 1.54) is 6.20 Å². The number of nitro groups is 1. The maximum atomic E-state index is 10.6. The van der Waals surface area contributed by atoms with E-state index in [-0.39, 0.29) is 16.3 Å². The zero-order valence-corrected chi connectivity index (χ0v) is 12.2. The fraction of sp³-hybridized carbons (Fsp3) is 0.700. The van der Waals surface area contributed by atoms with Crippen LogP contribution in [0.5, 0.6) is 0 Å². The first kappa shape index (κ1) is 14.4. The average Bonchev–Trinajstić information content (AvgIpc) is 2.67. The lowest BCUT2D eigenvalue weighted by atomic mass is 9.85. The molecule has 0 unspecified atom stereocenters.